The normalized spacial score (nSPS) is 11.0. The molecule has 0 aliphatic carbocycles. The second-order valence-corrected chi connectivity index (χ2v) is 7.31. The lowest BCUT2D eigenvalue weighted by Gasteiger charge is -2.11. The second-order valence-electron chi connectivity index (χ2n) is 5.33. The van der Waals surface area contributed by atoms with E-state index in [4.69, 9.17) is 4.74 Å². The number of hydrogen-bond acceptors (Lipinski definition) is 6. The van der Waals surface area contributed by atoms with Crippen LogP contribution in [0, 0.1) is 0 Å². The van der Waals surface area contributed by atoms with Crippen LogP contribution >= 0.6 is 23.1 Å². The van der Waals surface area contributed by atoms with Gasteiger partial charge in [-0.2, -0.15) is 0 Å². The summed E-state index contributed by atoms with van der Waals surface area (Å²) in [5, 5.41) is 2.58. The van der Waals surface area contributed by atoms with Crippen molar-refractivity contribution in [2.75, 3.05) is 12.4 Å². The Morgan fingerprint density at radius 1 is 1.32 bits per heavy atom. The average molecular weight is 374 g/mol. The molecule has 0 unspecified atom stereocenters. The summed E-state index contributed by atoms with van der Waals surface area (Å²) in [6, 6.07) is 9.07. The number of ketones is 1. The van der Waals surface area contributed by atoms with E-state index in [2.05, 4.69) is 4.98 Å². The minimum Gasteiger partial charge on any atom is -0.492 e. The van der Waals surface area contributed by atoms with Crippen LogP contribution < -0.4 is 10.3 Å². The van der Waals surface area contributed by atoms with Crippen molar-refractivity contribution in [3.8, 4) is 5.75 Å². The molecule has 130 valence electrons. The van der Waals surface area contributed by atoms with Crippen molar-refractivity contribution in [1.29, 1.82) is 0 Å². The van der Waals surface area contributed by atoms with Crippen LogP contribution in [0.5, 0.6) is 5.75 Å². The summed E-state index contributed by atoms with van der Waals surface area (Å²) >= 11 is 2.90. The molecule has 0 saturated heterocycles. The Labute approximate surface area is 153 Å². The zero-order valence-corrected chi connectivity index (χ0v) is 15.7. The molecule has 7 heteroatoms. The van der Waals surface area contributed by atoms with Crippen molar-refractivity contribution in [3.63, 3.8) is 0 Å². The fraction of sp³-hybridized carbons (Fsp3) is 0.278. The topological polar surface area (TPSA) is 61.2 Å². The van der Waals surface area contributed by atoms with Gasteiger partial charge in [-0.3, -0.25) is 14.2 Å². The van der Waals surface area contributed by atoms with Gasteiger partial charge in [0, 0.05) is 12.3 Å². The van der Waals surface area contributed by atoms with E-state index < -0.39 is 0 Å². The minimum atomic E-state index is -0.0207. The van der Waals surface area contributed by atoms with Gasteiger partial charge in [0.15, 0.2) is 10.9 Å². The molecule has 25 heavy (non-hydrogen) atoms. The van der Waals surface area contributed by atoms with E-state index in [0.717, 1.165) is 5.52 Å². The van der Waals surface area contributed by atoms with Crippen LogP contribution in [0.3, 0.4) is 0 Å². The summed E-state index contributed by atoms with van der Waals surface area (Å²) in [5.74, 6) is 1.20. The number of carbonyl (C=O) groups excluding carboxylic acids is 1. The van der Waals surface area contributed by atoms with Gasteiger partial charge >= 0.3 is 0 Å². The number of hydrogen-bond donors (Lipinski definition) is 0. The lowest BCUT2D eigenvalue weighted by atomic mass is 10.1. The molecule has 0 spiro atoms. The smallest absolute Gasteiger partial charge is 0.272 e. The first-order chi connectivity index (χ1) is 12.1. The molecule has 2 heterocycles. The third-order valence-corrected chi connectivity index (χ3v) is 5.52. The molecule has 0 bridgehead atoms. The highest BCUT2D eigenvalue weighted by Gasteiger charge is 2.12. The van der Waals surface area contributed by atoms with Crippen LogP contribution in [0.25, 0.3) is 10.2 Å². The van der Waals surface area contributed by atoms with Crippen LogP contribution in [0.1, 0.15) is 24.2 Å². The predicted octanol–water partition coefficient (Wildman–Crippen LogP) is 3.85. The van der Waals surface area contributed by atoms with E-state index in [1.54, 1.807) is 16.7 Å². The standard InChI is InChI=1S/C18H18N2O3S2/c1-3-20-17(22)16-14(8-10-24-16)19-18(20)25-11-9-23-15-7-5-4-6-13(15)12(2)21/h4-8,10H,3,9,11H2,1-2H3. The molecule has 0 amide bonds. The molecule has 0 saturated carbocycles. The van der Waals surface area contributed by atoms with Crippen LogP contribution in [0.4, 0.5) is 0 Å². The first kappa shape index (κ1) is 17.7. The highest BCUT2D eigenvalue weighted by atomic mass is 32.2. The Morgan fingerprint density at radius 3 is 2.88 bits per heavy atom. The second kappa shape index (κ2) is 7.84. The number of ether oxygens (including phenoxy) is 1. The lowest BCUT2D eigenvalue weighted by Crippen LogP contribution is -2.21. The number of Topliss-reactive ketones (excluding diaryl/α,β-unsaturated/α-hetero) is 1. The highest BCUT2D eigenvalue weighted by Crippen LogP contribution is 2.22. The molecule has 0 atom stereocenters. The number of rotatable bonds is 7. The number of carbonyl (C=O) groups is 1. The third-order valence-electron chi connectivity index (χ3n) is 3.69. The molecule has 5 nitrogen and oxygen atoms in total. The van der Waals surface area contributed by atoms with Gasteiger partial charge in [-0.05, 0) is 37.4 Å². The van der Waals surface area contributed by atoms with Gasteiger partial charge in [-0.1, -0.05) is 23.9 Å². The van der Waals surface area contributed by atoms with Crippen molar-refractivity contribution in [1.82, 2.24) is 9.55 Å². The molecular formula is C18H18N2O3S2. The predicted molar refractivity (Wildman–Crippen MR) is 102 cm³/mol. The van der Waals surface area contributed by atoms with E-state index in [0.29, 0.717) is 40.1 Å². The van der Waals surface area contributed by atoms with Crippen LogP contribution in [0.15, 0.2) is 45.7 Å². The first-order valence-corrected chi connectivity index (χ1v) is 9.82. The quantitative estimate of drug-likeness (QED) is 0.272. The maximum Gasteiger partial charge on any atom is 0.272 e. The number of para-hydroxylation sites is 1. The van der Waals surface area contributed by atoms with Gasteiger partial charge < -0.3 is 4.74 Å². The fourth-order valence-electron chi connectivity index (χ4n) is 2.48. The van der Waals surface area contributed by atoms with Crippen molar-refractivity contribution < 1.29 is 9.53 Å². The largest absolute Gasteiger partial charge is 0.492 e. The summed E-state index contributed by atoms with van der Waals surface area (Å²) in [6.45, 7) is 4.47. The third kappa shape index (κ3) is 3.77. The Hall–Kier alpha value is -2.12. The maximum absolute atomic E-state index is 12.5. The Kier molecular flexibility index (Phi) is 5.55. The number of fused-ring (bicyclic) bond motifs is 1. The average Bonchev–Trinajstić information content (AvgIpc) is 3.08. The van der Waals surface area contributed by atoms with Crippen molar-refractivity contribution in [3.05, 3.63) is 51.6 Å². The fourth-order valence-corrected chi connectivity index (χ4v) is 4.14. The Balaban J connectivity index is 1.70. The molecular weight excluding hydrogens is 356 g/mol. The first-order valence-electron chi connectivity index (χ1n) is 7.95. The summed E-state index contributed by atoms with van der Waals surface area (Å²) in [7, 11) is 0. The number of benzene rings is 1. The molecule has 1 aromatic carbocycles. The van der Waals surface area contributed by atoms with Crippen molar-refractivity contribution in [2.24, 2.45) is 0 Å². The summed E-state index contributed by atoms with van der Waals surface area (Å²) < 4.78 is 8.12. The van der Waals surface area contributed by atoms with Crippen LogP contribution in [-0.4, -0.2) is 27.7 Å². The molecule has 0 radical (unpaired) electrons. The number of thioether (sulfide) groups is 1. The van der Waals surface area contributed by atoms with Crippen molar-refractivity contribution >= 4 is 39.1 Å². The summed E-state index contributed by atoms with van der Waals surface area (Å²) in [6.07, 6.45) is 0. The number of aromatic nitrogens is 2. The maximum atomic E-state index is 12.5. The van der Waals surface area contributed by atoms with E-state index in [1.807, 2.05) is 30.5 Å². The van der Waals surface area contributed by atoms with Gasteiger partial charge in [-0.25, -0.2) is 4.98 Å². The molecule has 0 fully saturated rings. The molecule has 0 aliphatic rings. The Bertz CT molecular complexity index is 962. The SMILES string of the molecule is CCn1c(SCCOc2ccccc2C(C)=O)nc2ccsc2c1=O. The van der Waals surface area contributed by atoms with Gasteiger partial charge in [0.05, 0.1) is 17.7 Å². The lowest BCUT2D eigenvalue weighted by molar-refractivity contribution is 0.101. The van der Waals surface area contributed by atoms with Gasteiger partial charge in [-0.15, -0.1) is 11.3 Å². The molecule has 3 rings (SSSR count). The van der Waals surface area contributed by atoms with E-state index >= 15 is 0 Å². The Morgan fingerprint density at radius 2 is 2.12 bits per heavy atom. The van der Waals surface area contributed by atoms with Gasteiger partial charge in [0.25, 0.3) is 5.56 Å². The van der Waals surface area contributed by atoms with E-state index in [1.165, 1.54) is 30.0 Å². The van der Waals surface area contributed by atoms with Gasteiger partial charge in [0.1, 0.15) is 10.4 Å². The zero-order valence-electron chi connectivity index (χ0n) is 14.0. The molecule has 0 aliphatic heterocycles. The van der Waals surface area contributed by atoms with Crippen LogP contribution in [-0.2, 0) is 6.54 Å². The highest BCUT2D eigenvalue weighted by molar-refractivity contribution is 7.99. The number of thiophene rings is 1. The van der Waals surface area contributed by atoms with E-state index in [-0.39, 0.29) is 11.3 Å². The van der Waals surface area contributed by atoms with Crippen LogP contribution in [0.2, 0.25) is 0 Å². The molecule has 0 N–H and O–H groups in total. The summed E-state index contributed by atoms with van der Waals surface area (Å²) in [4.78, 5) is 28.7. The summed E-state index contributed by atoms with van der Waals surface area (Å²) in [5.41, 5.74) is 1.33. The van der Waals surface area contributed by atoms with Gasteiger partial charge in [0.2, 0.25) is 0 Å². The zero-order chi connectivity index (χ0) is 17.8. The molecule has 2 aromatic heterocycles. The van der Waals surface area contributed by atoms with Crippen molar-refractivity contribution in [2.45, 2.75) is 25.5 Å². The monoisotopic (exact) mass is 374 g/mol. The minimum absolute atomic E-state index is 0.00726. The number of nitrogens with zero attached hydrogens (tertiary/aromatic N) is 2. The molecule has 3 aromatic rings. The van der Waals surface area contributed by atoms with E-state index in [9.17, 15) is 9.59 Å².